The number of hydrogen-bond donors (Lipinski definition) is 2. The monoisotopic (exact) mass is 368 g/mol. The summed E-state index contributed by atoms with van der Waals surface area (Å²) >= 11 is 22.5. The normalized spacial score (nSPS) is 16.1. The zero-order chi connectivity index (χ0) is 13.8. The number of thiocarbonyl (C=S) groups is 2. The molecule has 1 aromatic rings. The predicted octanol–water partition coefficient (Wildman–Crippen LogP) is 2.56. The maximum absolute atomic E-state index is 5.25. The van der Waals surface area contributed by atoms with Crippen molar-refractivity contribution < 1.29 is 0 Å². The van der Waals surface area contributed by atoms with Crippen molar-refractivity contribution in [1.82, 2.24) is 15.1 Å². The number of anilines is 1. The molecule has 2 rings (SSSR count). The Morgan fingerprint density at radius 2 is 1.95 bits per heavy atom. The molecule has 1 fully saturated rings. The summed E-state index contributed by atoms with van der Waals surface area (Å²) < 4.78 is 0.822. The SMILES string of the molecule is S=C(S)N(c1nccs1)N(C(=S)S)N1CCSCC1. The van der Waals surface area contributed by atoms with Crippen LogP contribution in [0.4, 0.5) is 5.13 Å². The van der Waals surface area contributed by atoms with Crippen molar-refractivity contribution in [3.8, 4) is 0 Å². The maximum atomic E-state index is 5.25. The number of rotatable bonds is 2. The maximum Gasteiger partial charge on any atom is 0.211 e. The second-order valence-corrected chi connectivity index (χ2v) is 7.87. The molecular weight excluding hydrogens is 357 g/mol. The first-order chi connectivity index (χ1) is 9.11. The largest absolute Gasteiger partial charge is 0.227 e. The third-order valence-corrected chi connectivity index (χ3v) is 4.79. The number of aromatic nitrogens is 1. The molecule has 0 aliphatic carbocycles. The molecule has 4 nitrogen and oxygen atoms in total. The molecule has 0 amide bonds. The van der Waals surface area contributed by atoms with Gasteiger partial charge in [0.1, 0.15) is 0 Å². The van der Waals surface area contributed by atoms with Gasteiger partial charge in [-0.1, -0.05) is 12.2 Å². The minimum Gasteiger partial charge on any atom is -0.227 e. The lowest BCUT2D eigenvalue weighted by atomic mass is 10.6. The third kappa shape index (κ3) is 3.96. The fraction of sp³-hybridized carbons (Fsp3) is 0.444. The summed E-state index contributed by atoms with van der Waals surface area (Å²) in [5.74, 6) is 2.11. The molecule has 0 atom stereocenters. The van der Waals surface area contributed by atoms with Gasteiger partial charge >= 0.3 is 0 Å². The third-order valence-electron chi connectivity index (χ3n) is 2.40. The molecule has 2 heterocycles. The van der Waals surface area contributed by atoms with Crippen LogP contribution in [0.1, 0.15) is 0 Å². The van der Waals surface area contributed by atoms with Crippen LogP contribution in [0.5, 0.6) is 0 Å². The zero-order valence-corrected chi connectivity index (χ0v) is 14.9. The first kappa shape index (κ1) is 15.8. The van der Waals surface area contributed by atoms with Gasteiger partial charge in [-0.05, 0) is 12.2 Å². The predicted molar refractivity (Wildman–Crippen MR) is 98.5 cm³/mol. The lowest BCUT2D eigenvalue weighted by Crippen LogP contribution is -2.58. The lowest BCUT2D eigenvalue weighted by Gasteiger charge is -2.42. The Balaban J connectivity index is 2.29. The van der Waals surface area contributed by atoms with Gasteiger partial charge in [-0.3, -0.25) is 0 Å². The number of hydrazine groups is 2. The molecular formula is C9H12N4S6. The summed E-state index contributed by atoms with van der Waals surface area (Å²) in [6, 6.07) is 0. The van der Waals surface area contributed by atoms with Crippen LogP contribution in [0, 0.1) is 0 Å². The van der Waals surface area contributed by atoms with E-state index in [2.05, 4.69) is 35.3 Å². The van der Waals surface area contributed by atoms with Gasteiger partial charge in [-0.25, -0.2) is 4.98 Å². The van der Waals surface area contributed by atoms with Crippen molar-refractivity contribution >= 4 is 86.6 Å². The summed E-state index contributed by atoms with van der Waals surface area (Å²) in [5.41, 5.74) is 0. The van der Waals surface area contributed by atoms with E-state index in [0.29, 0.717) is 8.64 Å². The van der Waals surface area contributed by atoms with Gasteiger partial charge in [0, 0.05) is 36.2 Å². The number of hydrogen-bond acceptors (Lipinski definition) is 6. The molecule has 104 valence electrons. The molecule has 0 spiro atoms. The molecule has 1 aromatic heterocycles. The number of thiol groups is 2. The van der Waals surface area contributed by atoms with Crippen molar-refractivity contribution in [1.29, 1.82) is 0 Å². The van der Waals surface area contributed by atoms with E-state index in [1.165, 1.54) is 11.3 Å². The van der Waals surface area contributed by atoms with Gasteiger partial charge in [0.25, 0.3) is 0 Å². The van der Waals surface area contributed by atoms with E-state index in [0.717, 1.165) is 29.7 Å². The van der Waals surface area contributed by atoms with Gasteiger partial charge in [0.2, 0.25) is 5.13 Å². The second kappa shape index (κ2) is 7.43. The number of thiazole rings is 1. The number of thioether (sulfide) groups is 1. The Bertz CT molecular complexity index is 444. The van der Waals surface area contributed by atoms with E-state index in [-0.39, 0.29) is 0 Å². The zero-order valence-electron chi connectivity index (χ0n) is 9.80. The first-order valence-electron chi connectivity index (χ1n) is 5.39. The molecule has 0 aromatic carbocycles. The summed E-state index contributed by atoms with van der Waals surface area (Å²) in [7, 11) is 0. The van der Waals surface area contributed by atoms with Crippen LogP contribution in [0.15, 0.2) is 11.6 Å². The molecule has 0 unspecified atom stereocenters. The number of nitrogens with zero attached hydrogens (tertiary/aromatic N) is 4. The second-order valence-electron chi connectivity index (χ2n) is 3.55. The average molecular weight is 369 g/mol. The molecule has 0 radical (unpaired) electrons. The standard InChI is InChI=1S/C9H12N4S6/c14-8(15)12(7-10-1-4-19-7)13(9(16)17)11-2-5-18-6-3-11/h1,4H,2-3,5-6H2,(H,14,15)(H,16,17). The van der Waals surface area contributed by atoms with Crippen molar-refractivity contribution in [2.24, 2.45) is 0 Å². The van der Waals surface area contributed by atoms with Crippen molar-refractivity contribution in [3.05, 3.63) is 11.6 Å². The molecule has 1 aliphatic heterocycles. The topological polar surface area (TPSA) is 22.6 Å². The van der Waals surface area contributed by atoms with E-state index in [1.54, 1.807) is 16.3 Å². The highest BCUT2D eigenvalue weighted by Gasteiger charge is 2.28. The fourth-order valence-corrected chi connectivity index (χ4v) is 4.04. The van der Waals surface area contributed by atoms with Gasteiger partial charge in [-0.15, -0.1) is 36.6 Å². The van der Waals surface area contributed by atoms with E-state index in [4.69, 9.17) is 24.4 Å². The summed E-state index contributed by atoms with van der Waals surface area (Å²) in [6.45, 7) is 1.78. The Morgan fingerprint density at radius 3 is 2.42 bits per heavy atom. The Labute approximate surface area is 142 Å². The summed E-state index contributed by atoms with van der Waals surface area (Å²) in [4.78, 5) is 4.28. The van der Waals surface area contributed by atoms with E-state index in [1.807, 2.05) is 17.1 Å². The van der Waals surface area contributed by atoms with E-state index >= 15 is 0 Å². The van der Waals surface area contributed by atoms with E-state index < -0.39 is 0 Å². The minimum absolute atomic E-state index is 0.393. The quantitative estimate of drug-likeness (QED) is 0.470. The van der Waals surface area contributed by atoms with Crippen molar-refractivity contribution in [3.63, 3.8) is 0 Å². The van der Waals surface area contributed by atoms with Crippen LogP contribution in [0.25, 0.3) is 0 Å². The van der Waals surface area contributed by atoms with Gasteiger partial charge in [0.15, 0.2) is 8.64 Å². The van der Waals surface area contributed by atoms with Crippen LogP contribution in [0.3, 0.4) is 0 Å². The van der Waals surface area contributed by atoms with Crippen LogP contribution in [-0.4, -0.2) is 48.3 Å². The Kier molecular flexibility index (Phi) is 6.18. The van der Waals surface area contributed by atoms with Gasteiger partial charge in [-0.2, -0.15) is 26.9 Å². The molecule has 0 bridgehead atoms. The molecule has 19 heavy (non-hydrogen) atoms. The molecule has 0 N–H and O–H groups in total. The van der Waals surface area contributed by atoms with Crippen molar-refractivity contribution in [2.45, 2.75) is 0 Å². The van der Waals surface area contributed by atoms with Crippen LogP contribution in [-0.2, 0) is 0 Å². The summed E-state index contributed by atoms with van der Waals surface area (Å²) in [5, 5.41) is 8.24. The summed E-state index contributed by atoms with van der Waals surface area (Å²) in [6.07, 6.45) is 1.73. The first-order valence-corrected chi connectivity index (χ1v) is 9.14. The molecule has 1 saturated heterocycles. The highest BCUT2D eigenvalue weighted by molar-refractivity contribution is 8.12. The van der Waals surface area contributed by atoms with Crippen LogP contribution >= 0.6 is 72.8 Å². The lowest BCUT2D eigenvalue weighted by molar-refractivity contribution is 0.0673. The minimum atomic E-state index is 0.393. The Hall–Kier alpha value is 0.420. The highest BCUT2D eigenvalue weighted by Crippen LogP contribution is 2.25. The molecule has 10 heteroatoms. The van der Waals surface area contributed by atoms with Gasteiger partial charge in [0.05, 0.1) is 0 Å². The molecule has 1 aliphatic rings. The van der Waals surface area contributed by atoms with E-state index in [9.17, 15) is 0 Å². The highest BCUT2D eigenvalue weighted by atomic mass is 32.2. The molecule has 0 saturated carbocycles. The van der Waals surface area contributed by atoms with Crippen LogP contribution in [0.2, 0.25) is 0 Å². The van der Waals surface area contributed by atoms with Crippen molar-refractivity contribution in [2.75, 3.05) is 29.6 Å². The smallest absolute Gasteiger partial charge is 0.211 e. The van der Waals surface area contributed by atoms with Gasteiger partial charge < -0.3 is 0 Å². The fourth-order valence-electron chi connectivity index (χ4n) is 1.64. The Morgan fingerprint density at radius 1 is 1.26 bits per heavy atom. The average Bonchev–Trinajstić information content (AvgIpc) is 2.89. The van der Waals surface area contributed by atoms with Crippen LogP contribution < -0.4 is 5.01 Å².